The number of amides is 1. The Hall–Kier alpha value is -1.06. The van der Waals surface area contributed by atoms with Gasteiger partial charge in [0.2, 0.25) is 5.91 Å². The fourth-order valence-electron chi connectivity index (χ4n) is 1.52. The fourth-order valence-corrected chi connectivity index (χ4v) is 1.52. The largest absolute Gasteiger partial charge is 0.481 e. The van der Waals surface area contributed by atoms with E-state index in [-0.39, 0.29) is 24.8 Å². The van der Waals surface area contributed by atoms with Gasteiger partial charge in [0.25, 0.3) is 0 Å². The Labute approximate surface area is 97.4 Å². The summed E-state index contributed by atoms with van der Waals surface area (Å²) in [4.78, 5) is 21.5. The van der Waals surface area contributed by atoms with E-state index in [1.54, 1.807) is 0 Å². The van der Waals surface area contributed by atoms with Crippen molar-refractivity contribution in [2.45, 2.75) is 64.8 Å². The molecular weight excluding hydrogens is 206 g/mol. The Morgan fingerprint density at radius 3 is 2.44 bits per heavy atom. The first-order valence-electron chi connectivity index (χ1n) is 6.07. The van der Waals surface area contributed by atoms with Gasteiger partial charge in [-0.2, -0.15) is 0 Å². The monoisotopic (exact) mass is 229 g/mol. The van der Waals surface area contributed by atoms with Crippen molar-refractivity contribution in [1.82, 2.24) is 5.32 Å². The second-order valence-electron chi connectivity index (χ2n) is 4.21. The lowest BCUT2D eigenvalue weighted by Crippen LogP contribution is -2.32. The molecule has 16 heavy (non-hydrogen) atoms. The van der Waals surface area contributed by atoms with Crippen LogP contribution in [0.2, 0.25) is 0 Å². The van der Waals surface area contributed by atoms with Gasteiger partial charge in [0.15, 0.2) is 0 Å². The molecule has 0 aliphatic carbocycles. The van der Waals surface area contributed by atoms with Crippen LogP contribution in [0.3, 0.4) is 0 Å². The number of aliphatic carboxylic acids is 1. The van der Waals surface area contributed by atoms with Gasteiger partial charge in [-0.25, -0.2) is 0 Å². The lowest BCUT2D eigenvalue weighted by molar-refractivity contribution is -0.138. The van der Waals surface area contributed by atoms with Crippen LogP contribution in [-0.2, 0) is 9.59 Å². The summed E-state index contributed by atoms with van der Waals surface area (Å²) in [7, 11) is 0. The quantitative estimate of drug-likeness (QED) is 0.596. The van der Waals surface area contributed by atoms with Crippen LogP contribution in [0.1, 0.15) is 58.8 Å². The Balaban J connectivity index is 3.50. The zero-order chi connectivity index (χ0) is 12.4. The third kappa shape index (κ3) is 9.49. The van der Waals surface area contributed by atoms with E-state index in [0.717, 1.165) is 12.8 Å². The molecule has 0 aliphatic rings. The first-order chi connectivity index (χ1) is 7.56. The van der Waals surface area contributed by atoms with Gasteiger partial charge in [-0.05, 0) is 13.3 Å². The van der Waals surface area contributed by atoms with Gasteiger partial charge in [0.1, 0.15) is 0 Å². The molecule has 94 valence electrons. The van der Waals surface area contributed by atoms with Crippen molar-refractivity contribution in [1.29, 1.82) is 0 Å². The molecule has 0 fully saturated rings. The molecule has 4 nitrogen and oxygen atoms in total. The van der Waals surface area contributed by atoms with Gasteiger partial charge in [-0.15, -0.1) is 0 Å². The van der Waals surface area contributed by atoms with Gasteiger partial charge in [-0.1, -0.05) is 32.6 Å². The summed E-state index contributed by atoms with van der Waals surface area (Å²) >= 11 is 0. The zero-order valence-corrected chi connectivity index (χ0v) is 10.3. The van der Waals surface area contributed by atoms with E-state index in [1.165, 1.54) is 19.3 Å². The molecule has 0 aromatic heterocycles. The predicted octanol–water partition coefficient (Wildman–Crippen LogP) is 2.33. The van der Waals surface area contributed by atoms with E-state index in [4.69, 9.17) is 5.11 Å². The number of carboxylic acid groups (broad SMARTS) is 1. The summed E-state index contributed by atoms with van der Waals surface area (Å²) in [5.74, 6) is -1.09. The summed E-state index contributed by atoms with van der Waals surface area (Å²) in [5, 5.41) is 11.2. The molecule has 2 N–H and O–H groups in total. The maximum Gasteiger partial charge on any atom is 0.303 e. The van der Waals surface area contributed by atoms with E-state index in [2.05, 4.69) is 12.2 Å². The van der Waals surface area contributed by atoms with Crippen molar-refractivity contribution in [3.63, 3.8) is 0 Å². The van der Waals surface area contributed by atoms with E-state index in [9.17, 15) is 9.59 Å². The maximum absolute atomic E-state index is 11.3. The van der Waals surface area contributed by atoms with Crippen LogP contribution < -0.4 is 5.32 Å². The van der Waals surface area contributed by atoms with Crippen molar-refractivity contribution in [2.24, 2.45) is 0 Å². The van der Waals surface area contributed by atoms with Crippen molar-refractivity contribution < 1.29 is 14.7 Å². The molecule has 0 aliphatic heterocycles. The Kier molecular flexibility index (Phi) is 8.58. The van der Waals surface area contributed by atoms with Gasteiger partial charge in [0.05, 0.1) is 6.42 Å². The minimum Gasteiger partial charge on any atom is -0.481 e. The highest BCUT2D eigenvalue weighted by Crippen LogP contribution is 2.05. The topological polar surface area (TPSA) is 66.4 Å². The van der Waals surface area contributed by atoms with Crippen molar-refractivity contribution in [3.8, 4) is 0 Å². The zero-order valence-electron chi connectivity index (χ0n) is 10.3. The smallest absolute Gasteiger partial charge is 0.303 e. The highest BCUT2D eigenvalue weighted by molar-refractivity contribution is 5.80. The molecule has 1 amide bonds. The summed E-state index contributed by atoms with van der Waals surface area (Å²) < 4.78 is 0. The summed E-state index contributed by atoms with van der Waals surface area (Å²) in [5.41, 5.74) is 0. The van der Waals surface area contributed by atoms with Gasteiger partial charge >= 0.3 is 5.97 Å². The lowest BCUT2D eigenvalue weighted by Gasteiger charge is -2.13. The Morgan fingerprint density at radius 2 is 1.88 bits per heavy atom. The molecule has 0 aromatic rings. The summed E-state index contributed by atoms with van der Waals surface area (Å²) in [6.07, 6.45) is 5.72. The molecule has 4 heteroatoms. The molecular formula is C12H23NO3. The van der Waals surface area contributed by atoms with Crippen molar-refractivity contribution in [3.05, 3.63) is 0 Å². The van der Waals surface area contributed by atoms with E-state index in [1.807, 2.05) is 6.92 Å². The highest BCUT2D eigenvalue weighted by Gasteiger charge is 2.08. The minimum absolute atomic E-state index is 0.0780. The van der Waals surface area contributed by atoms with Crippen molar-refractivity contribution >= 4 is 11.9 Å². The number of carbonyl (C=O) groups is 2. The van der Waals surface area contributed by atoms with E-state index >= 15 is 0 Å². The molecule has 0 radical (unpaired) electrons. The van der Waals surface area contributed by atoms with Crippen LogP contribution in [-0.4, -0.2) is 23.0 Å². The Morgan fingerprint density at radius 1 is 1.19 bits per heavy atom. The van der Waals surface area contributed by atoms with Gasteiger partial charge in [-0.3, -0.25) is 9.59 Å². The highest BCUT2D eigenvalue weighted by atomic mass is 16.4. The molecule has 0 saturated carbocycles. The molecule has 0 unspecified atom stereocenters. The van der Waals surface area contributed by atoms with Gasteiger partial charge in [0, 0.05) is 12.5 Å². The second-order valence-corrected chi connectivity index (χ2v) is 4.21. The molecule has 0 rings (SSSR count). The number of nitrogens with one attached hydrogen (secondary N) is 1. The van der Waals surface area contributed by atoms with E-state index < -0.39 is 5.97 Å². The fraction of sp³-hybridized carbons (Fsp3) is 0.833. The number of carboxylic acids is 1. The number of hydrogen-bond donors (Lipinski definition) is 2. The van der Waals surface area contributed by atoms with Crippen LogP contribution in [0.25, 0.3) is 0 Å². The average Bonchev–Trinajstić information content (AvgIpc) is 2.21. The summed E-state index contributed by atoms with van der Waals surface area (Å²) in [6, 6.07) is 0.151. The molecule has 1 atom stereocenters. The number of hydrogen-bond acceptors (Lipinski definition) is 2. The minimum atomic E-state index is -0.925. The number of rotatable bonds is 9. The predicted molar refractivity (Wildman–Crippen MR) is 63.2 cm³/mol. The molecule has 0 bridgehead atoms. The second kappa shape index (κ2) is 9.19. The van der Waals surface area contributed by atoms with Crippen molar-refractivity contribution in [2.75, 3.05) is 0 Å². The third-order valence-corrected chi connectivity index (χ3v) is 2.46. The maximum atomic E-state index is 11.3. The standard InChI is InChI=1S/C12H23NO3/c1-3-4-5-6-7-10(2)13-11(14)8-9-12(15)16/h10H,3-9H2,1-2H3,(H,13,14)(H,15,16)/t10-/m0/s1. The van der Waals surface area contributed by atoms with Crippen LogP contribution in [0.4, 0.5) is 0 Å². The molecule has 0 aromatic carbocycles. The number of carbonyl (C=O) groups excluding carboxylic acids is 1. The van der Waals surface area contributed by atoms with Crippen LogP contribution in [0.15, 0.2) is 0 Å². The first kappa shape index (κ1) is 14.9. The van der Waals surface area contributed by atoms with Crippen LogP contribution in [0, 0.1) is 0 Å². The lowest BCUT2D eigenvalue weighted by atomic mass is 10.1. The average molecular weight is 229 g/mol. The molecule has 0 saturated heterocycles. The Bertz CT molecular complexity index is 216. The molecule has 0 heterocycles. The number of unbranched alkanes of at least 4 members (excludes halogenated alkanes) is 3. The molecule has 0 spiro atoms. The normalized spacial score (nSPS) is 12.1. The van der Waals surface area contributed by atoms with Crippen LogP contribution in [0.5, 0.6) is 0 Å². The van der Waals surface area contributed by atoms with Gasteiger partial charge < -0.3 is 10.4 Å². The van der Waals surface area contributed by atoms with Crippen LogP contribution >= 0.6 is 0 Å². The third-order valence-electron chi connectivity index (χ3n) is 2.46. The summed E-state index contributed by atoms with van der Waals surface area (Å²) in [6.45, 7) is 4.13. The SMILES string of the molecule is CCCCCC[C@H](C)NC(=O)CCC(=O)O. The van der Waals surface area contributed by atoms with E-state index in [0.29, 0.717) is 0 Å². The first-order valence-corrected chi connectivity index (χ1v) is 6.07.